The summed E-state index contributed by atoms with van der Waals surface area (Å²) < 4.78 is 2.27. The molecule has 6 heteroatoms. The fourth-order valence-electron chi connectivity index (χ4n) is 4.60. The number of nitrogens with one attached hydrogen (secondary N) is 2. The fraction of sp³-hybridized carbons (Fsp3) is 0.304. The van der Waals surface area contributed by atoms with E-state index in [0.29, 0.717) is 16.3 Å². The highest BCUT2D eigenvalue weighted by Gasteiger charge is 2.29. The predicted octanol–water partition coefficient (Wildman–Crippen LogP) is 4.03. The van der Waals surface area contributed by atoms with Crippen LogP contribution in [0.2, 0.25) is 5.02 Å². The van der Waals surface area contributed by atoms with Crippen LogP contribution in [0.3, 0.4) is 0 Å². The highest BCUT2D eigenvalue weighted by Crippen LogP contribution is 2.34. The molecule has 0 radical (unpaired) electrons. The first kappa shape index (κ1) is 18.4. The second kappa shape index (κ2) is 7.32. The third kappa shape index (κ3) is 3.24. The number of aromatic amines is 2. The van der Waals surface area contributed by atoms with Crippen LogP contribution in [0.15, 0.2) is 59.8 Å². The van der Waals surface area contributed by atoms with Gasteiger partial charge in [0.05, 0.1) is 15.9 Å². The zero-order chi connectivity index (χ0) is 20.0. The Labute approximate surface area is 173 Å². The molecule has 4 heterocycles. The minimum absolute atomic E-state index is 0.0104. The monoisotopic (exact) mass is 407 g/mol. The lowest BCUT2D eigenvalue weighted by molar-refractivity contribution is -0.345. The summed E-state index contributed by atoms with van der Waals surface area (Å²) in [5.41, 5.74) is 3.09. The van der Waals surface area contributed by atoms with E-state index in [9.17, 15) is 4.79 Å². The molecule has 0 aliphatic carbocycles. The van der Waals surface area contributed by atoms with Gasteiger partial charge in [0.15, 0.2) is 5.43 Å². The van der Waals surface area contributed by atoms with Gasteiger partial charge in [-0.3, -0.25) is 9.69 Å². The topological polar surface area (TPSA) is 55.2 Å². The van der Waals surface area contributed by atoms with Gasteiger partial charge in [0, 0.05) is 31.4 Å². The van der Waals surface area contributed by atoms with Gasteiger partial charge in [-0.1, -0.05) is 48.9 Å². The molecule has 1 aliphatic heterocycles. The molecule has 2 N–H and O–H groups in total. The highest BCUT2D eigenvalue weighted by molar-refractivity contribution is 6.37. The van der Waals surface area contributed by atoms with Gasteiger partial charge < -0.3 is 4.57 Å². The van der Waals surface area contributed by atoms with Crippen LogP contribution in [0.1, 0.15) is 24.9 Å². The first-order chi connectivity index (χ1) is 14.1. The first-order valence-corrected chi connectivity index (χ1v) is 10.5. The highest BCUT2D eigenvalue weighted by atomic mass is 35.5. The van der Waals surface area contributed by atoms with Crippen LogP contribution in [-0.4, -0.2) is 27.5 Å². The van der Waals surface area contributed by atoms with Crippen molar-refractivity contribution in [2.45, 2.75) is 25.9 Å². The summed E-state index contributed by atoms with van der Waals surface area (Å²) in [6.45, 7) is 5.27. The summed E-state index contributed by atoms with van der Waals surface area (Å²) in [5.74, 6) is 0.504. The Morgan fingerprint density at radius 3 is 2.90 bits per heavy atom. The van der Waals surface area contributed by atoms with E-state index >= 15 is 0 Å². The lowest BCUT2D eigenvalue weighted by Crippen LogP contribution is -2.40. The molecule has 0 amide bonds. The van der Waals surface area contributed by atoms with Crippen molar-refractivity contribution in [2.75, 3.05) is 13.1 Å². The average molecular weight is 408 g/mol. The van der Waals surface area contributed by atoms with E-state index in [1.165, 1.54) is 5.56 Å². The Hall–Kier alpha value is -2.63. The van der Waals surface area contributed by atoms with Gasteiger partial charge in [-0.15, -0.1) is 0 Å². The molecule has 148 valence electrons. The number of halogens is 1. The third-order valence-corrected chi connectivity index (χ3v) is 6.50. The number of rotatable bonds is 3. The second-order valence-electron chi connectivity index (χ2n) is 8.08. The summed E-state index contributed by atoms with van der Waals surface area (Å²) in [6.07, 6.45) is 6.63. The van der Waals surface area contributed by atoms with E-state index in [2.05, 4.69) is 56.7 Å². The van der Waals surface area contributed by atoms with Gasteiger partial charge in [0.2, 0.25) is 0 Å². The molecule has 1 aromatic carbocycles. The number of aromatic nitrogens is 3. The zero-order valence-electron chi connectivity index (χ0n) is 16.4. The predicted molar refractivity (Wildman–Crippen MR) is 116 cm³/mol. The molecule has 0 spiro atoms. The normalized spacial score (nSPS) is 20.5. The van der Waals surface area contributed by atoms with Crippen LogP contribution in [0.25, 0.3) is 21.9 Å². The lowest BCUT2D eigenvalue weighted by atomic mass is 9.92. The Morgan fingerprint density at radius 1 is 1.24 bits per heavy atom. The molecule has 5 rings (SSSR count). The van der Waals surface area contributed by atoms with Gasteiger partial charge in [0.1, 0.15) is 17.8 Å². The molecule has 3 aromatic heterocycles. The Morgan fingerprint density at radius 2 is 2.07 bits per heavy atom. The number of nitrogens with zero attached hydrogens (tertiary/aromatic N) is 2. The van der Waals surface area contributed by atoms with Crippen LogP contribution >= 0.6 is 11.6 Å². The van der Waals surface area contributed by atoms with Crippen molar-refractivity contribution in [3.05, 3.63) is 75.8 Å². The second-order valence-corrected chi connectivity index (χ2v) is 8.49. The van der Waals surface area contributed by atoms with Gasteiger partial charge in [-0.05, 0) is 24.4 Å². The van der Waals surface area contributed by atoms with Gasteiger partial charge >= 0.3 is 0 Å². The van der Waals surface area contributed by atoms with Crippen LogP contribution in [0.4, 0.5) is 0 Å². The maximum atomic E-state index is 12.6. The average Bonchev–Trinajstić information content (AvgIpc) is 3.12. The zero-order valence-corrected chi connectivity index (χ0v) is 17.1. The van der Waals surface area contributed by atoms with Crippen LogP contribution in [0.5, 0.6) is 0 Å². The summed E-state index contributed by atoms with van der Waals surface area (Å²) in [7, 11) is 0. The molecule has 2 atom stereocenters. The number of hydrogen-bond acceptors (Lipinski definition) is 2. The van der Waals surface area contributed by atoms with E-state index in [0.717, 1.165) is 42.6 Å². The van der Waals surface area contributed by atoms with Crippen molar-refractivity contribution in [2.24, 2.45) is 5.92 Å². The maximum Gasteiger partial charge on any atom is 0.288 e. The van der Waals surface area contributed by atoms with Gasteiger partial charge in [-0.2, -0.15) is 0 Å². The molecule has 0 unspecified atom stereocenters. The summed E-state index contributed by atoms with van der Waals surface area (Å²) >= 11 is 6.51. The molecule has 1 fully saturated rings. The van der Waals surface area contributed by atoms with Crippen molar-refractivity contribution < 1.29 is 4.98 Å². The molecule has 5 nitrogen and oxygen atoms in total. The molecule has 0 bridgehead atoms. The first-order valence-electron chi connectivity index (χ1n) is 10.1. The van der Waals surface area contributed by atoms with E-state index < -0.39 is 0 Å². The Balaban J connectivity index is 1.60. The standard InChI is InChI=1S/C23H23ClN4O/c1-15-7-9-27(13-16-5-3-2-4-6-16)14-19(15)28-10-8-20(29)17-11-25-23-21(22(17)28)18(24)12-26-23/h2-6,8,10-12,15,19H,7,9,13-14H2,1H3,(H,25,26)/p+1/t15-,19+/m1/s1. The number of likely N-dealkylation sites (tertiary alicyclic amines) is 1. The number of fused-ring (bicyclic) bond motifs is 3. The third-order valence-electron chi connectivity index (χ3n) is 6.20. The lowest BCUT2D eigenvalue weighted by Gasteiger charge is -2.39. The number of benzene rings is 1. The van der Waals surface area contributed by atoms with Crippen molar-refractivity contribution in [3.63, 3.8) is 0 Å². The van der Waals surface area contributed by atoms with Gasteiger partial charge in [0.25, 0.3) is 5.65 Å². The van der Waals surface area contributed by atoms with E-state index in [-0.39, 0.29) is 11.5 Å². The smallest absolute Gasteiger partial charge is 0.288 e. The van der Waals surface area contributed by atoms with E-state index in [1.807, 2.05) is 6.20 Å². The summed E-state index contributed by atoms with van der Waals surface area (Å²) in [4.78, 5) is 21.4. The largest absolute Gasteiger partial charge is 0.342 e. The minimum Gasteiger partial charge on any atom is -0.342 e. The number of H-pyrrole nitrogens is 2. The molecular weight excluding hydrogens is 384 g/mol. The minimum atomic E-state index is 0.0104. The van der Waals surface area contributed by atoms with Gasteiger partial charge in [-0.25, -0.2) is 9.97 Å². The van der Waals surface area contributed by atoms with Crippen molar-refractivity contribution >= 4 is 33.5 Å². The van der Waals surface area contributed by atoms with Crippen molar-refractivity contribution in [3.8, 4) is 0 Å². The Bertz CT molecular complexity index is 1230. The van der Waals surface area contributed by atoms with Crippen molar-refractivity contribution in [1.82, 2.24) is 14.5 Å². The molecule has 1 aliphatic rings. The molecule has 0 saturated carbocycles. The molecule has 1 saturated heterocycles. The van der Waals surface area contributed by atoms with E-state index in [4.69, 9.17) is 11.6 Å². The summed E-state index contributed by atoms with van der Waals surface area (Å²) in [6, 6.07) is 12.5. The molecule has 4 aromatic rings. The fourth-order valence-corrected chi connectivity index (χ4v) is 4.84. The van der Waals surface area contributed by atoms with Crippen molar-refractivity contribution in [1.29, 1.82) is 0 Å². The maximum absolute atomic E-state index is 12.6. The van der Waals surface area contributed by atoms with Crippen LogP contribution < -0.4 is 10.4 Å². The SMILES string of the molecule is C[C@@H]1CCN(Cc2ccccc2)C[C@@H]1n1ccc(=O)c2c[nH+]c3[nH]cc(Cl)c3c21. The number of piperidine rings is 1. The van der Waals surface area contributed by atoms with Crippen LogP contribution in [0, 0.1) is 5.92 Å². The number of hydrogen-bond donors (Lipinski definition) is 1. The van der Waals surface area contributed by atoms with E-state index in [1.54, 1.807) is 18.5 Å². The Kier molecular flexibility index (Phi) is 4.64. The van der Waals surface area contributed by atoms with Crippen LogP contribution in [-0.2, 0) is 6.54 Å². The summed E-state index contributed by atoms with van der Waals surface area (Å²) in [5, 5.41) is 2.19. The quantitative estimate of drug-likeness (QED) is 0.557. The molecule has 29 heavy (non-hydrogen) atoms. The molecular formula is C23H24ClN4O+. The number of pyridine rings is 2.